The molecular formula is C37H61P. The maximum absolute atomic E-state index is 2.61. The van der Waals surface area contributed by atoms with Gasteiger partial charge in [-0.25, -0.2) is 0 Å². The third-order valence-corrected chi connectivity index (χ3v) is 22.1. The van der Waals surface area contributed by atoms with Gasteiger partial charge in [0, 0.05) is 0 Å². The molecule has 1 heterocycles. The minimum absolute atomic E-state index is 0.238. The molecule has 0 aliphatic carbocycles. The fourth-order valence-corrected chi connectivity index (χ4v) is 19.1. The molecule has 2 aromatic carbocycles. The molecule has 3 rings (SSSR count). The standard InChI is InChI=1S/C37H61P/c1-23(2)30-21-31(24(3)4)34(32(22-30)25(5)6)33-28(9)26(7)27(8)29(10)35(33)38(36(11,12)13,37(14,15)16)19-17-18-20-38/h21-25H,17-20H2,1-16H3. The summed E-state index contributed by atoms with van der Waals surface area (Å²) in [4.78, 5) is 0. The van der Waals surface area contributed by atoms with Gasteiger partial charge in [-0.05, 0) is 0 Å². The molecule has 0 amide bonds. The van der Waals surface area contributed by atoms with Gasteiger partial charge in [-0.1, -0.05) is 0 Å². The Morgan fingerprint density at radius 3 is 1.29 bits per heavy atom. The van der Waals surface area contributed by atoms with Gasteiger partial charge in [-0.15, -0.1) is 0 Å². The van der Waals surface area contributed by atoms with Crippen LogP contribution in [0.5, 0.6) is 0 Å². The van der Waals surface area contributed by atoms with Crippen molar-refractivity contribution in [1.29, 1.82) is 0 Å². The van der Waals surface area contributed by atoms with E-state index in [1.165, 1.54) is 47.4 Å². The zero-order valence-corrected chi connectivity index (χ0v) is 29.1. The number of rotatable bonds is 5. The second-order valence-electron chi connectivity index (χ2n) is 15.8. The quantitative estimate of drug-likeness (QED) is 0.333. The molecule has 1 aliphatic rings. The summed E-state index contributed by atoms with van der Waals surface area (Å²) in [5, 5.41) is 2.29. The molecule has 1 aliphatic heterocycles. The van der Waals surface area contributed by atoms with E-state index in [4.69, 9.17) is 0 Å². The Labute approximate surface area is 237 Å². The van der Waals surface area contributed by atoms with E-state index in [1.54, 1.807) is 27.8 Å². The second-order valence-corrected chi connectivity index (χ2v) is 22.8. The van der Waals surface area contributed by atoms with Gasteiger partial charge in [-0.2, -0.15) is 0 Å². The predicted molar refractivity (Wildman–Crippen MR) is 178 cm³/mol. The molecule has 214 valence electrons. The van der Waals surface area contributed by atoms with Crippen LogP contribution in [-0.4, -0.2) is 22.6 Å². The summed E-state index contributed by atoms with van der Waals surface area (Å²) >= 11 is 0. The zero-order valence-electron chi connectivity index (χ0n) is 28.2. The van der Waals surface area contributed by atoms with Crippen molar-refractivity contribution in [2.24, 2.45) is 0 Å². The van der Waals surface area contributed by atoms with Gasteiger partial charge >= 0.3 is 238 Å². The first-order valence-corrected chi connectivity index (χ1v) is 18.1. The van der Waals surface area contributed by atoms with E-state index < -0.39 is 6.60 Å². The van der Waals surface area contributed by atoms with E-state index in [0.29, 0.717) is 17.8 Å². The van der Waals surface area contributed by atoms with E-state index in [9.17, 15) is 0 Å². The molecule has 1 saturated heterocycles. The Hall–Kier alpha value is -1.13. The molecule has 2 aromatic rings. The maximum atomic E-state index is 2.61. The van der Waals surface area contributed by atoms with E-state index in [0.717, 1.165) is 0 Å². The summed E-state index contributed by atoms with van der Waals surface area (Å²) in [6, 6.07) is 5.15. The first kappa shape index (κ1) is 31.4. The van der Waals surface area contributed by atoms with Crippen LogP contribution in [-0.2, 0) is 0 Å². The predicted octanol–water partition coefficient (Wildman–Crippen LogP) is 11.5. The molecule has 38 heavy (non-hydrogen) atoms. The van der Waals surface area contributed by atoms with Crippen LogP contribution in [0.1, 0.15) is 153 Å². The van der Waals surface area contributed by atoms with Crippen LogP contribution in [0.3, 0.4) is 0 Å². The van der Waals surface area contributed by atoms with Crippen molar-refractivity contribution in [3.8, 4) is 11.1 Å². The van der Waals surface area contributed by atoms with Crippen LogP contribution in [0.2, 0.25) is 0 Å². The summed E-state index contributed by atoms with van der Waals surface area (Å²) in [6.07, 6.45) is 5.54. The van der Waals surface area contributed by atoms with Gasteiger partial charge in [0.2, 0.25) is 0 Å². The summed E-state index contributed by atoms with van der Waals surface area (Å²) in [7, 11) is 0. The van der Waals surface area contributed by atoms with Crippen LogP contribution in [0.15, 0.2) is 12.1 Å². The van der Waals surface area contributed by atoms with Gasteiger partial charge < -0.3 is 0 Å². The molecular weight excluding hydrogens is 475 g/mol. The van der Waals surface area contributed by atoms with Crippen LogP contribution in [0.4, 0.5) is 0 Å². The Morgan fingerprint density at radius 2 is 0.947 bits per heavy atom. The summed E-state index contributed by atoms with van der Waals surface area (Å²) in [5.41, 5.74) is 14.0. The molecule has 0 N–H and O–H groups in total. The van der Waals surface area contributed by atoms with Crippen LogP contribution >= 0.6 is 6.60 Å². The van der Waals surface area contributed by atoms with Crippen LogP contribution in [0.25, 0.3) is 11.1 Å². The van der Waals surface area contributed by atoms with Gasteiger partial charge in [0.25, 0.3) is 0 Å². The van der Waals surface area contributed by atoms with E-state index in [2.05, 4.69) is 123 Å². The van der Waals surface area contributed by atoms with Crippen molar-refractivity contribution < 1.29 is 0 Å². The molecule has 0 unspecified atom stereocenters. The first-order chi connectivity index (χ1) is 17.2. The van der Waals surface area contributed by atoms with Gasteiger partial charge in [0.15, 0.2) is 0 Å². The third kappa shape index (κ3) is 4.18. The molecule has 0 aromatic heterocycles. The molecule has 0 nitrogen and oxygen atoms in total. The second kappa shape index (κ2) is 10.1. The molecule has 1 heteroatoms. The summed E-state index contributed by atoms with van der Waals surface area (Å²) in [5.74, 6) is 1.50. The first-order valence-electron chi connectivity index (χ1n) is 15.5. The van der Waals surface area contributed by atoms with Gasteiger partial charge in [0.05, 0.1) is 0 Å². The van der Waals surface area contributed by atoms with Crippen molar-refractivity contribution >= 4 is 11.9 Å². The summed E-state index contributed by atoms with van der Waals surface area (Å²) in [6.45, 7) is 37.3. The Balaban J connectivity index is 2.80. The molecule has 1 fully saturated rings. The van der Waals surface area contributed by atoms with Crippen LogP contribution < -0.4 is 5.30 Å². The van der Waals surface area contributed by atoms with E-state index >= 15 is 0 Å². The van der Waals surface area contributed by atoms with Crippen molar-refractivity contribution in [3.05, 3.63) is 51.1 Å². The SMILES string of the molecule is Cc1c(C)c(C)c(P2(C(C)(C)C)(C(C)(C)C)CCCC2)c(-c2c(C(C)C)cc(C(C)C)cc2C(C)C)c1C. The number of benzene rings is 2. The number of hydrogen-bond donors (Lipinski definition) is 0. The van der Waals surface area contributed by atoms with Gasteiger partial charge in [-0.3, -0.25) is 0 Å². The topological polar surface area (TPSA) is 0 Å². The summed E-state index contributed by atoms with van der Waals surface area (Å²) < 4.78 is 0. The molecule has 0 saturated carbocycles. The van der Waals surface area contributed by atoms with E-state index in [-0.39, 0.29) is 10.3 Å². The van der Waals surface area contributed by atoms with Gasteiger partial charge in [0.1, 0.15) is 0 Å². The average Bonchev–Trinajstić information content (AvgIpc) is 3.27. The fraction of sp³-hybridized carbons (Fsp3) is 0.676. The van der Waals surface area contributed by atoms with Crippen molar-refractivity contribution in [2.45, 2.75) is 152 Å². The Kier molecular flexibility index (Phi) is 8.31. The van der Waals surface area contributed by atoms with Crippen LogP contribution in [0, 0.1) is 27.7 Å². The fourth-order valence-electron chi connectivity index (χ4n) is 8.79. The number of hydrogen-bond acceptors (Lipinski definition) is 0. The zero-order chi connectivity index (χ0) is 29.2. The van der Waals surface area contributed by atoms with Crippen molar-refractivity contribution in [1.82, 2.24) is 0 Å². The Morgan fingerprint density at radius 1 is 0.553 bits per heavy atom. The van der Waals surface area contributed by atoms with Crippen molar-refractivity contribution in [2.75, 3.05) is 12.3 Å². The Bertz CT molecular complexity index is 1150. The normalized spacial score (nSPS) is 18.9. The molecule has 0 bridgehead atoms. The monoisotopic (exact) mass is 536 g/mol. The van der Waals surface area contributed by atoms with E-state index in [1.807, 2.05) is 5.30 Å². The average molecular weight is 537 g/mol. The molecule has 0 radical (unpaired) electrons. The molecule has 0 atom stereocenters. The van der Waals surface area contributed by atoms with Crippen molar-refractivity contribution in [3.63, 3.8) is 0 Å². The third-order valence-electron chi connectivity index (χ3n) is 11.4. The minimum atomic E-state index is -2.50. The molecule has 0 spiro atoms.